The molecule has 1 aromatic heterocycles. The number of nitrogens with zero attached hydrogens (tertiary/aromatic N) is 4. The highest BCUT2D eigenvalue weighted by molar-refractivity contribution is 6.33. The Morgan fingerprint density at radius 1 is 1.47 bits per heavy atom. The lowest BCUT2D eigenvalue weighted by atomic mass is 10.1. The minimum absolute atomic E-state index is 0.0123. The Hall–Kier alpha value is -2.19. The molecule has 6 heteroatoms. The highest BCUT2D eigenvalue weighted by atomic mass is 35.5. The van der Waals surface area contributed by atoms with Crippen molar-refractivity contribution < 1.29 is 4.79 Å². The van der Waals surface area contributed by atoms with Gasteiger partial charge in [-0.05, 0) is 12.1 Å². The maximum Gasteiger partial charge on any atom is 0.252 e. The molecule has 0 amide bonds. The van der Waals surface area contributed by atoms with Gasteiger partial charge in [-0.3, -0.25) is 4.79 Å². The first-order valence-electron chi connectivity index (χ1n) is 4.78. The first kappa shape index (κ1) is 11.3. The number of benzene rings is 1. The van der Waals surface area contributed by atoms with Gasteiger partial charge >= 0.3 is 0 Å². The van der Waals surface area contributed by atoms with Crippen LogP contribution in [-0.2, 0) is 6.54 Å². The van der Waals surface area contributed by atoms with Crippen molar-refractivity contribution in [1.82, 2.24) is 14.8 Å². The van der Waals surface area contributed by atoms with Crippen molar-refractivity contribution in [2.75, 3.05) is 0 Å². The molecular weight excluding hydrogens is 240 g/mol. The van der Waals surface area contributed by atoms with Crippen molar-refractivity contribution in [1.29, 1.82) is 5.26 Å². The number of nitriles is 1. The molecule has 0 bridgehead atoms. The van der Waals surface area contributed by atoms with Gasteiger partial charge < -0.3 is 0 Å². The molecule has 0 atom stereocenters. The molecule has 1 heterocycles. The van der Waals surface area contributed by atoms with Crippen LogP contribution >= 0.6 is 11.6 Å². The highest BCUT2D eigenvalue weighted by Gasteiger charge is 2.11. The Morgan fingerprint density at radius 2 is 2.24 bits per heavy atom. The van der Waals surface area contributed by atoms with Gasteiger partial charge in [0.05, 0.1) is 5.02 Å². The molecule has 0 N–H and O–H groups in total. The molecule has 1 aromatic carbocycles. The summed E-state index contributed by atoms with van der Waals surface area (Å²) in [7, 11) is 0. The standard InChI is InChI=1S/C11H7ClN4O/c12-9-4-2-1-3-8(9)10(17)6-16-7-14-11(5-13)15-16/h1-4,7H,6H2. The van der Waals surface area contributed by atoms with Crippen LogP contribution in [0, 0.1) is 11.3 Å². The van der Waals surface area contributed by atoms with Gasteiger partial charge in [-0.1, -0.05) is 23.7 Å². The molecule has 17 heavy (non-hydrogen) atoms. The third-order valence-electron chi connectivity index (χ3n) is 2.12. The van der Waals surface area contributed by atoms with Crippen LogP contribution in [-0.4, -0.2) is 20.5 Å². The van der Waals surface area contributed by atoms with E-state index in [1.807, 2.05) is 0 Å². The number of rotatable bonds is 3. The molecule has 0 radical (unpaired) electrons. The van der Waals surface area contributed by atoms with Crippen LogP contribution in [0.5, 0.6) is 0 Å². The van der Waals surface area contributed by atoms with Crippen molar-refractivity contribution in [3.05, 3.63) is 47.0 Å². The summed E-state index contributed by atoms with van der Waals surface area (Å²) < 4.78 is 1.31. The van der Waals surface area contributed by atoms with E-state index >= 15 is 0 Å². The van der Waals surface area contributed by atoms with Crippen LogP contribution < -0.4 is 0 Å². The number of ketones is 1. The summed E-state index contributed by atoms with van der Waals surface area (Å²) in [5.74, 6) is -0.137. The Morgan fingerprint density at radius 3 is 2.88 bits per heavy atom. The zero-order chi connectivity index (χ0) is 12.3. The number of aromatic nitrogens is 3. The lowest BCUT2D eigenvalue weighted by molar-refractivity contribution is 0.0967. The van der Waals surface area contributed by atoms with Gasteiger partial charge in [0.1, 0.15) is 18.9 Å². The largest absolute Gasteiger partial charge is 0.292 e. The molecule has 0 unspecified atom stereocenters. The fourth-order valence-electron chi connectivity index (χ4n) is 1.34. The minimum atomic E-state index is -0.176. The molecule has 0 aliphatic rings. The van der Waals surface area contributed by atoms with Crippen LogP contribution in [0.25, 0.3) is 0 Å². The number of carbonyl (C=O) groups excluding carboxylic acids is 1. The van der Waals surface area contributed by atoms with Crippen LogP contribution in [0.1, 0.15) is 16.2 Å². The lowest BCUT2D eigenvalue weighted by Gasteiger charge is -2.02. The molecule has 0 spiro atoms. The van der Waals surface area contributed by atoms with Crippen molar-refractivity contribution in [2.24, 2.45) is 0 Å². The molecule has 0 saturated carbocycles. The maximum atomic E-state index is 11.9. The fraction of sp³-hybridized carbons (Fsp3) is 0.0909. The van der Waals surface area contributed by atoms with E-state index < -0.39 is 0 Å². The second-order valence-corrected chi connectivity index (χ2v) is 3.69. The zero-order valence-electron chi connectivity index (χ0n) is 8.67. The predicted molar refractivity (Wildman–Crippen MR) is 60.5 cm³/mol. The molecule has 84 valence electrons. The Labute approximate surface area is 102 Å². The Balaban J connectivity index is 2.18. The summed E-state index contributed by atoms with van der Waals surface area (Å²) in [6, 6.07) is 8.58. The summed E-state index contributed by atoms with van der Waals surface area (Å²) >= 11 is 5.90. The van der Waals surface area contributed by atoms with Crippen molar-refractivity contribution in [2.45, 2.75) is 6.54 Å². The molecule has 5 nitrogen and oxygen atoms in total. The van der Waals surface area contributed by atoms with E-state index in [1.54, 1.807) is 30.3 Å². The Bertz CT molecular complexity index is 600. The number of Topliss-reactive ketones (excluding diaryl/α,β-unsaturated/α-hetero) is 1. The molecule has 0 fully saturated rings. The van der Waals surface area contributed by atoms with E-state index in [1.165, 1.54) is 11.0 Å². The Kier molecular flexibility index (Phi) is 3.17. The van der Waals surface area contributed by atoms with E-state index in [9.17, 15) is 4.79 Å². The summed E-state index contributed by atoms with van der Waals surface area (Å²) in [4.78, 5) is 15.6. The number of hydrogen-bond acceptors (Lipinski definition) is 4. The first-order chi connectivity index (χ1) is 8.20. The van der Waals surface area contributed by atoms with Gasteiger partial charge in [-0.2, -0.15) is 5.26 Å². The van der Waals surface area contributed by atoms with Crippen molar-refractivity contribution in [3.8, 4) is 6.07 Å². The normalized spacial score (nSPS) is 9.88. The molecule has 2 rings (SSSR count). The summed E-state index contributed by atoms with van der Waals surface area (Å²) in [5.41, 5.74) is 0.433. The lowest BCUT2D eigenvalue weighted by Crippen LogP contribution is -2.11. The number of hydrogen-bond donors (Lipinski definition) is 0. The topological polar surface area (TPSA) is 71.6 Å². The van der Waals surface area contributed by atoms with Gasteiger partial charge in [0.2, 0.25) is 0 Å². The average molecular weight is 247 g/mol. The highest BCUT2D eigenvalue weighted by Crippen LogP contribution is 2.15. The SMILES string of the molecule is N#Cc1ncn(CC(=O)c2ccccc2Cl)n1. The molecule has 0 aliphatic carbocycles. The van der Waals surface area contributed by atoms with Gasteiger partial charge in [0, 0.05) is 5.56 Å². The average Bonchev–Trinajstić information content (AvgIpc) is 2.77. The van der Waals surface area contributed by atoms with Crippen LogP contribution in [0.15, 0.2) is 30.6 Å². The summed E-state index contributed by atoms with van der Waals surface area (Å²) in [6.45, 7) is 0.0123. The number of halogens is 1. The van der Waals surface area contributed by atoms with E-state index in [4.69, 9.17) is 16.9 Å². The van der Waals surface area contributed by atoms with E-state index in [0.717, 1.165) is 0 Å². The van der Waals surface area contributed by atoms with E-state index in [-0.39, 0.29) is 18.2 Å². The number of carbonyl (C=O) groups is 1. The predicted octanol–water partition coefficient (Wildman–Crippen LogP) is 1.69. The van der Waals surface area contributed by atoms with Crippen LogP contribution in [0.4, 0.5) is 0 Å². The zero-order valence-corrected chi connectivity index (χ0v) is 9.42. The maximum absolute atomic E-state index is 11.9. The van der Waals surface area contributed by atoms with Crippen LogP contribution in [0.3, 0.4) is 0 Å². The van der Waals surface area contributed by atoms with Crippen molar-refractivity contribution >= 4 is 17.4 Å². The van der Waals surface area contributed by atoms with Crippen molar-refractivity contribution in [3.63, 3.8) is 0 Å². The van der Waals surface area contributed by atoms with Crippen LogP contribution in [0.2, 0.25) is 5.02 Å². The quantitative estimate of drug-likeness (QED) is 0.773. The smallest absolute Gasteiger partial charge is 0.252 e. The van der Waals surface area contributed by atoms with Gasteiger partial charge in [-0.15, -0.1) is 5.10 Å². The monoisotopic (exact) mass is 246 g/mol. The molecule has 2 aromatic rings. The minimum Gasteiger partial charge on any atom is -0.292 e. The van der Waals surface area contributed by atoms with Gasteiger partial charge in [-0.25, -0.2) is 9.67 Å². The molecule has 0 saturated heterocycles. The van der Waals surface area contributed by atoms with Gasteiger partial charge in [0.15, 0.2) is 5.78 Å². The summed E-state index contributed by atoms with van der Waals surface area (Å²) in [6.07, 6.45) is 1.34. The van der Waals surface area contributed by atoms with E-state index in [2.05, 4.69) is 10.1 Å². The summed E-state index contributed by atoms with van der Waals surface area (Å²) in [5, 5.41) is 12.8. The van der Waals surface area contributed by atoms with Gasteiger partial charge in [0.25, 0.3) is 5.82 Å². The third-order valence-corrected chi connectivity index (χ3v) is 2.45. The molecule has 0 aliphatic heterocycles. The van der Waals surface area contributed by atoms with E-state index in [0.29, 0.717) is 10.6 Å². The molecular formula is C11H7ClN4O. The fourth-order valence-corrected chi connectivity index (χ4v) is 1.58. The second kappa shape index (κ2) is 4.76. The first-order valence-corrected chi connectivity index (χ1v) is 5.16. The third kappa shape index (κ3) is 2.49. The second-order valence-electron chi connectivity index (χ2n) is 3.28.